The van der Waals surface area contributed by atoms with E-state index in [4.69, 9.17) is 4.74 Å². The second kappa shape index (κ2) is 17.3. The van der Waals surface area contributed by atoms with Crippen LogP contribution in [0.25, 0.3) is 0 Å². The van der Waals surface area contributed by atoms with Crippen molar-refractivity contribution in [3.8, 4) is 0 Å². The predicted molar refractivity (Wildman–Crippen MR) is 93.3 cm³/mol. The van der Waals surface area contributed by atoms with Crippen LogP contribution < -0.4 is 0 Å². The van der Waals surface area contributed by atoms with Crippen LogP contribution in [-0.4, -0.2) is 37.5 Å². The molecule has 0 rings (SSSR count). The Balaban J connectivity index is 3.38. The third-order valence-corrected chi connectivity index (χ3v) is 6.95. The average molecular weight is 417 g/mol. The topological polar surface area (TPSA) is 43.4 Å². The minimum atomic E-state index is -1.20. The third kappa shape index (κ3) is 14.9. The Bertz CT molecular complexity index is 252. The first-order valence-electron chi connectivity index (χ1n) is 9.17. The third-order valence-electron chi connectivity index (χ3n) is 3.73. The van der Waals surface area contributed by atoms with Gasteiger partial charge in [-0.2, -0.15) is 0 Å². The maximum atomic E-state index is 11.7. The quantitative estimate of drug-likeness (QED) is 0.155. The minimum absolute atomic E-state index is 0.178. The van der Waals surface area contributed by atoms with Gasteiger partial charge in [0.25, 0.3) is 0 Å². The Morgan fingerprint density at radius 1 is 0.727 bits per heavy atom. The monoisotopic (exact) mass is 418 g/mol. The van der Waals surface area contributed by atoms with Gasteiger partial charge in [-0.15, -0.1) is 0 Å². The van der Waals surface area contributed by atoms with Crippen molar-refractivity contribution in [3.05, 3.63) is 0 Å². The molecule has 0 aromatic heterocycles. The van der Waals surface area contributed by atoms with Gasteiger partial charge < -0.3 is 0 Å². The fraction of sp³-hybridized carbons (Fsp3) is 0.889. The molecule has 0 aliphatic carbocycles. The molecular formula is C18H34O3Sn. The fourth-order valence-corrected chi connectivity index (χ4v) is 4.78. The first kappa shape index (κ1) is 21.9. The zero-order valence-corrected chi connectivity index (χ0v) is 17.5. The van der Waals surface area contributed by atoms with Gasteiger partial charge >= 0.3 is 147 Å². The zero-order valence-electron chi connectivity index (χ0n) is 14.6. The van der Waals surface area contributed by atoms with Gasteiger partial charge in [0.05, 0.1) is 0 Å². The van der Waals surface area contributed by atoms with E-state index in [1.165, 1.54) is 57.8 Å². The average Bonchev–Trinajstić information content (AvgIpc) is 2.52. The molecule has 0 aromatic carbocycles. The molecule has 0 aliphatic heterocycles. The Kier molecular flexibility index (Phi) is 17.2. The van der Waals surface area contributed by atoms with Crippen LogP contribution in [0.5, 0.6) is 0 Å². The number of esters is 1. The summed E-state index contributed by atoms with van der Waals surface area (Å²) in [6.07, 6.45) is 14.4. The van der Waals surface area contributed by atoms with Gasteiger partial charge in [-0.25, -0.2) is 0 Å². The predicted octanol–water partition coefficient (Wildman–Crippen LogP) is 4.90. The molecule has 0 aliphatic rings. The normalized spacial score (nSPS) is 10.6. The molecule has 0 bridgehead atoms. The van der Waals surface area contributed by atoms with Crippen LogP contribution in [0.15, 0.2) is 0 Å². The summed E-state index contributed by atoms with van der Waals surface area (Å²) in [5.74, 6) is -0.550. The molecule has 0 aromatic rings. The van der Waals surface area contributed by atoms with Crippen molar-refractivity contribution >= 4 is 30.9 Å². The molecule has 0 saturated heterocycles. The Labute approximate surface area is 147 Å². The van der Waals surface area contributed by atoms with Gasteiger partial charge in [0.1, 0.15) is 0 Å². The molecule has 128 valence electrons. The summed E-state index contributed by atoms with van der Waals surface area (Å²) in [4.78, 5) is 23.2. The van der Waals surface area contributed by atoms with E-state index in [-0.39, 0.29) is 3.80 Å². The molecular weight excluding hydrogens is 383 g/mol. The summed E-state index contributed by atoms with van der Waals surface area (Å²) in [5.41, 5.74) is 0. The van der Waals surface area contributed by atoms with Crippen molar-refractivity contribution in [2.75, 3.05) is 6.61 Å². The zero-order chi connectivity index (χ0) is 16.5. The van der Waals surface area contributed by atoms with Crippen LogP contribution in [0.3, 0.4) is 0 Å². The first-order chi connectivity index (χ1) is 10.7. The van der Waals surface area contributed by atoms with E-state index in [2.05, 4.69) is 13.8 Å². The van der Waals surface area contributed by atoms with Crippen LogP contribution in [0.2, 0.25) is 4.44 Å². The molecule has 0 N–H and O–H groups in total. The van der Waals surface area contributed by atoms with E-state index in [1.807, 2.05) is 0 Å². The SMILES string of the molecule is CCCCCCCCOC(=O)[C](=O)[Sn][CH2]CCCCCCC. The summed E-state index contributed by atoms with van der Waals surface area (Å²) in [6, 6.07) is 0. The van der Waals surface area contributed by atoms with Crippen molar-refractivity contribution in [2.24, 2.45) is 0 Å². The maximum absolute atomic E-state index is 11.7. The summed E-state index contributed by atoms with van der Waals surface area (Å²) in [6.45, 7) is 4.83. The molecule has 2 radical (unpaired) electrons. The number of ether oxygens (including phenoxy) is 1. The Hall–Kier alpha value is -0.0613. The standard InChI is InChI=1S/C10H17O3.C8H17.Sn/c1-2-3-4-5-6-7-8-13-10(12)9-11;1-3-5-7-8-6-4-2;/h2-8H2,1H3;1,3-8H2,2H3;. The van der Waals surface area contributed by atoms with E-state index < -0.39 is 27.1 Å². The van der Waals surface area contributed by atoms with Crippen molar-refractivity contribution < 1.29 is 14.3 Å². The number of carbonyl (C=O) groups excluding carboxylic acids is 2. The molecule has 0 amide bonds. The molecule has 22 heavy (non-hydrogen) atoms. The second-order valence-corrected chi connectivity index (χ2v) is 9.66. The van der Waals surface area contributed by atoms with Gasteiger partial charge in [-0.05, 0) is 0 Å². The molecule has 4 heteroatoms. The number of unbranched alkanes of at least 4 members (excludes halogenated alkanes) is 10. The Morgan fingerprint density at radius 2 is 1.23 bits per heavy atom. The summed E-state index contributed by atoms with van der Waals surface area (Å²) in [7, 11) is 0. The molecule has 0 saturated carbocycles. The van der Waals surface area contributed by atoms with Crippen LogP contribution in [0.4, 0.5) is 0 Å². The fourth-order valence-electron chi connectivity index (χ4n) is 2.29. The molecule has 0 fully saturated rings. The van der Waals surface area contributed by atoms with Gasteiger partial charge in [-0.1, -0.05) is 0 Å². The summed E-state index contributed by atoms with van der Waals surface area (Å²) < 4.78 is 5.88. The van der Waals surface area contributed by atoms with E-state index >= 15 is 0 Å². The van der Waals surface area contributed by atoms with Gasteiger partial charge in [-0.3, -0.25) is 0 Å². The number of hydrogen-bond acceptors (Lipinski definition) is 3. The van der Waals surface area contributed by atoms with Crippen LogP contribution in [-0.2, 0) is 14.3 Å². The van der Waals surface area contributed by atoms with Crippen molar-refractivity contribution in [3.63, 3.8) is 0 Å². The number of rotatable bonds is 16. The van der Waals surface area contributed by atoms with Gasteiger partial charge in [0.2, 0.25) is 0 Å². The van der Waals surface area contributed by atoms with Crippen molar-refractivity contribution in [2.45, 2.75) is 95.3 Å². The van der Waals surface area contributed by atoms with E-state index in [9.17, 15) is 9.59 Å². The van der Waals surface area contributed by atoms with Gasteiger partial charge in [0.15, 0.2) is 0 Å². The van der Waals surface area contributed by atoms with E-state index in [0.29, 0.717) is 6.61 Å². The summed E-state index contributed by atoms with van der Waals surface area (Å²) >= 11 is -1.20. The number of carbonyl (C=O) groups is 2. The van der Waals surface area contributed by atoms with Crippen molar-refractivity contribution in [1.29, 1.82) is 0 Å². The number of hydrogen-bond donors (Lipinski definition) is 0. The summed E-state index contributed by atoms with van der Waals surface area (Å²) in [5, 5.41) is 0. The molecule has 3 nitrogen and oxygen atoms in total. The Morgan fingerprint density at radius 3 is 1.82 bits per heavy atom. The van der Waals surface area contributed by atoms with Crippen LogP contribution in [0, 0.1) is 0 Å². The van der Waals surface area contributed by atoms with Crippen molar-refractivity contribution in [1.82, 2.24) is 0 Å². The van der Waals surface area contributed by atoms with E-state index in [1.54, 1.807) is 0 Å². The second-order valence-electron chi connectivity index (χ2n) is 5.93. The van der Waals surface area contributed by atoms with Gasteiger partial charge in [0, 0.05) is 0 Å². The van der Waals surface area contributed by atoms with Crippen LogP contribution >= 0.6 is 0 Å². The molecule has 0 unspecified atom stereocenters. The molecule has 0 spiro atoms. The van der Waals surface area contributed by atoms with Crippen LogP contribution in [0.1, 0.15) is 90.9 Å². The molecule has 0 atom stereocenters. The van der Waals surface area contributed by atoms with E-state index in [0.717, 1.165) is 23.7 Å². The molecule has 0 heterocycles. The first-order valence-corrected chi connectivity index (χ1v) is 12.6.